The summed E-state index contributed by atoms with van der Waals surface area (Å²) in [5.41, 5.74) is 0.557. The van der Waals surface area contributed by atoms with Crippen molar-refractivity contribution in [2.45, 2.75) is 18.6 Å². The molecule has 0 heterocycles. The van der Waals surface area contributed by atoms with E-state index in [0.29, 0.717) is 30.8 Å². The molecule has 0 spiro atoms. The number of hydrogen-bond donors (Lipinski definition) is 3. The Morgan fingerprint density at radius 3 is 2.63 bits per heavy atom. The van der Waals surface area contributed by atoms with Crippen molar-refractivity contribution >= 4 is 6.41 Å². The van der Waals surface area contributed by atoms with Crippen molar-refractivity contribution in [3.05, 3.63) is 29.8 Å². The number of aliphatic hydroxyl groups is 2. The van der Waals surface area contributed by atoms with Crippen molar-refractivity contribution in [2.24, 2.45) is 0 Å². The fourth-order valence-corrected chi connectivity index (χ4v) is 1.54. The number of carbonyl (C=O) groups is 1. The van der Waals surface area contributed by atoms with Gasteiger partial charge in [0.15, 0.2) is 0 Å². The minimum absolute atomic E-state index is 0.306. The Hall–Kier alpha value is -2.10. The van der Waals surface area contributed by atoms with Gasteiger partial charge < -0.3 is 20.3 Å². The molecule has 6 nitrogen and oxygen atoms in total. The molecule has 0 aromatic heterocycles. The summed E-state index contributed by atoms with van der Waals surface area (Å²) in [6.07, 6.45) is -0.257. The molecule has 0 aliphatic carbocycles. The van der Waals surface area contributed by atoms with Gasteiger partial charge in [-0.3, -0.25) is 4.79 Å². The minimum Gasteiger partial charge on any atom is -0.493 e. The summed E-state index contributed by atoms with van der Waals surface area (Å²) in [4.78, 5) is 10.3. The van der Waals surface area contributed by atoms with Gasteiger partial charge in [0.1, 0.15) is 18.5 Å². The number of hydrogen-bond acceptors (Lipinski definition) is 5. The van der Waals surface area contributed by atoms with Crippen molar-refractivity contribution in [1.82, 2.24) is 5.32 Å². The largest absolute Gasteiger partial charge is 0.493 e. The molecule has 0 saturated heterocycles. The van der Waals surface area contributed by atoms with Crippen LogP contribution in [0, 0.1) is 11.3 Å². The first-order valence-electron chi connectivity index (χ1n) is 5.81. The highest BCUT2D eigenvalue weighted by molar-refractivity contribution is 5.47. The highest BCUT2D eigenvalue weighted by Gasteiger charge is 2.19. The van der Waals surface area contributed by atoms with E-state index in [0.717, 1.165) is 0 Å². The van der Waals surface area contributed by atoms with Gasteiger partial charge in [-0.15, -0.1) is 0 Å². The molecule has 0 unspecified atom stereocenters. The van der Waals surface area contributed by atoms with Gasteiger partial charge in [-0.05, 0) is 17.7 Å². The fourth-order valence-electron chi connectivity index (χ4n) is 1.54. The predicted octanol–water partition coefficient (Wildman–Crippen LogP) is 0.119. The van der Waals surface area contributed by atoms with Crippen molar-refractivity contribution in [2.75, 3.05) is 13.2 Å². The summed E-state index contributed by atoms with van der Waals surface area (Å²) in [5, 5.41) is 29.7. The second-order valence-corrected chi connectivity index (χ2v) is 3.84. The molecule has 1 rings (SSSR count). The van der Waals surface area contributed by atoms with Crippen LogP contribution in [0.25, 0.3) is 0 Å². The summed E-state index contributed by atoms with van der Waals surface area (Å²) >= 11 is 0. The third kappa shape index (κ3) is 4.58. The third-order valence-corrected chi connectivity index (χ3v) is 2.56. The smallest absolute Gasteiger partial charge is 0.207 e. The molecule has 1 aromatic rings. The lowest BCUT2D eigenvalue weighted by Gasteiger charge is -2.20. The maximum Gasteiger partial charge on any atom is 0.207 e. The lowest BCUT2D eigenvalue weighted by Crippen LogP contribution is -2.37. The highest BCUT2D eigenvalue weighted by Crippen LogP contribution is 2.20. The average molecular weight is 264 g/mol. The number of rotatable bonds is 8. The maximum absolute atomic E-state index is 10.3. The van der Waals surface area contributed by atoms with Crippen molar-refractivity contribution in [3.63, 3.8) is 0 Å². The number of ether oxygens (including phenoxy) is 1. The number of aliphatic hydroxyl groups excluding tert-OH is 2. The first-order valence-corrected chi connectivity index (χ1v) is 5.81. The molecule has 0 saturated carbocycles. The van der Waals surface area contributed by atoms with E-state index in [1.807, 2.05) is 6.07 Å². The fraction of sp³-hybridized carbons (Fsp3) is 0.385. The molecule has 0 radical (unpaired) electrons. The summed E-state index contributed by atoms with van der Waals surface area (Å²) in [6.45, 7) is -0.0509. The number of nitrogens with one attached hydrogen (secondary N) is 1. The molecule has 0 fully saturated rings. The lowest BCUT2D eigenvalue weighted by molar-refractivity contribution is -0.111. The summed E-state index contributed by atoms with van der Waals surface area (Å²) in [7, 11) is 0. The standard InChI is InChI=1S/C13H16N2O4/c14-6-1-7-19-11-4-2-10(3-5-11)13(18)12(8-16)15-9-17/h2-5,9,12-13,16,18H,1,7-8H2,(H,15,17)/t12-,13+/m0/s1. The van der Waals surface area contributed by atoms with Crippen LogP contribution in [-0.2, 0) is 4.79 Å². The van der Waals surface area contributed by atoms with Crippen LogP contribution in [0.15, 0.2) is 24.3 Å². The van der Waals surface area contributed by atoms with Gasteiger partial charge in [-0.2, -0.15) is 5.26 Å². The number of nitriles is 1. The molecule has 19 heavy (non-hydrogen) atoms. The predicted molar refractivity (Wildman–Crippen MR) is 67.2 cm³/mol. The Morgan fingerprint density at radius 1 is 1.42 bits per heavy atom. The van der Waals surface area contributed by atoms with Gasteiger partial charge in [-0.25, -0.2) is 0 Å². The van der Waals surface area contributed by atoms with E-state index in [1.165, 1.54) is 0 Å². The van der Waals surface area contributed by atoms with Gasteiger partial charge in [-0.1, -0.05) is 12.1 Å². The topological polar surface area (TPSA) is 103 Å². The first kappa shape index (κ1) is 15.0. The molecule has 1 aromatic carbocycles. The Kier molecular flexibility index (Phi) is 6.36. The molecule has 0 bridgehead atoms. The number of nitrogens with zero attached hydrogens (tertiary/aromatic N) is 1. The third-order valence-electron chi connectivity index (χ3n) is 2.56. The van der Waals surface area contributed by atoms with Gasteiger partial charge >= 0.3 is 0 Å². The Balaban J connectivity index is 2.64. The maximum atomic E-state index is 10.3. The Morgan fingerprint density at radius 2 is 2.11 bits per heavy atom. The molecule has 1 amide bonds. The first-order chi connectivity index (χ1) is 9.22. The van der Waals surface area contributed by atoms with E-state index in [2.05, 4.69) is 5.32 Å². The highest BCUT2D eigenvalue weighted by atomic mass is 16.5. The van der Waals surface area contributed by atoms with E-state index in [1.54, 1.807) is 24.3 Å². The van der Waals surface area contributed by atoms with Gasteiger partial charge in [0.05, 0.1) is 25.1 Å². The summed E-state index contributed by atoms with van der Waals surface area (Å²) < 4.78 is 5.29. The Labute approximate surface area is 111 Å². The van der Waals surface area contributed by atoms with E-state index in [9.17, 15) is 9.90 Å². The molecule has 0 aliphatic heterocycles. The second kappa shape index (κ2) is 8.08. The lowest BCUT2D eigenvalue weighted by atomic mass is 10.0. The molecule has 0 aliphatic rings. The van der Waals surface area contributed by atoms with Crippen LogP contribution in [0.4, 0.5) is 0 Å². The van der Waals surface area contributed by atoms with E-state index >= 15 is 0 Å². The molecule has 3 N–H and O–H groups in total. The molecular weight excluding hydrogens is 248 g/mol. The van der Waals surface area contributed by atoms with Gasteiger partial charge in [0, 0.05) is 0 Å². The van der Waals surface area contributed by atoms with Crippen LogP contribution < -0.4 is 10.1 Å². The van der Waals surface area contributed by atoms with Crippen LogP contribution in [0.2, 0.25) is 0 Å². The van der Waals surface area contributed by atoms with Crippen LogP contribution >= 0.6 is 0 Å². The SMILES string of the molecule is N#CCCOc1ccc([C@@H](O)[C@H](CO)NC=O)cc1. The Bertz CT molecular complexity index is 427. The van der Waals surface area contributed by atoms with E-state index < -0.39 is 12.1 Å². The zero-order valence-electron chi connectivity index (χ0n) is 10.3. The molecular formula is C13H16N2O4. The minimum atomic E-state index is -0.997. The van der Waals surface area contributed by atoms with Crippen molar-refractivity contribution in [3.8, 4) is 11.8 Å². The van der Waals surface area contributed by atoms with Crippen molar-refractivity contribution < 1.29 is 19.7 Å². The number of amides is 1. The quantitative estimate of drug-likeness (QED) is 0.457. The van der Waals surface area contributed by atoms with Crippen LogP contribution in [0.3, 0.4) is 0 Å². The summed E-state index contributed by atoms with van der Waals surface area (Å²) in [5.74, 6) is 0.593. The normalized spacial score (nSPS) is 13.1. The number of carbonyl (C=O) groups excluding carboxylic acids is 1. The van der Waals surface area contributed by atoms with Crippen LogP contribution in [0.1, 0.15) is 18.1 Å². The molecule has 102 valence electrons. The van der Waals surface area contributed by atoms with Gasteiger partial charge in [0.25, 0.3) is 0 Å². The van der Waals surface area contributed by atoms with Crippen molar-refractivity contribution in [1.29, 1.82) is 5.26 Å². The monoisotopic (exact) mass is 264 g/mol. The van der Waals surface area contributed by atoms with Crippen LogP contribution in [0.5, 0.6) is 5.75 Å². The average Bonchev–Trinajstić information content (AvgIpc) is 2.45. The zero-order chi connectivity index (χ0) is 14.1. The zero-order valence-corrected chi connectivity index (χ0v) is 10.3. The molecule has 2 atom stereocenters. The van der Waals surface area contributed by atoms with Gasteiger partial charge in [0.2, 0.25) is 6.41 Å². The van der Waals surface area contributed by atoms with E-state index in [-0.39, 0.29) is 6.61 Å². The second-order valence-electron chi connectivity index (χ2n) is 3.84. The van der Waals surface area contributed by atoms with Crippen LogP contribution in [-0.4, -0.2) is 35.9 Å². The number of benzene rings is 1. The summed E-state index contributed by atoms with van der Waals surface area (Å²) in [6, 6.07) is 7.82. The van der Waals surface area contributed by atoms with E-state index in [4.69, 9.17) is 15.1 Å². The molecule has 6 heteroatoms.